The number of anilines is 1. The van der Waals surface area contributed by atoms with Gasteiger partial charge in [-0.05, 0) is 51.5 Å². The van der Waals surface area contributed by atoms with Crippen LogP contribution in [0, 0.1) is 6.92 Å². The molecule has 0 aliphatic rings. The number of ether oxygens (including phenoxy) is 1. The number of sulfonamides is 1. The van der Waals surface area contributed by atoms with E-state index in [1.54, 1.807) is 27.7 Å². The molecule has 0 aliphatic carbocycles. The zero-order chi connectivity index (χ0) is 14.8. The van der Waals surface area contributed by atoms with Crippen LogP contribution in [-0.4, -0.2) is 20.1 Å². The molecule has 6 nitrogen and oxygen atoms in total. The van der Waals surface area contributed by atoms with Gasteiger partial charge in [-0.25, -0.2) is 18.4 Å². The number of carbonyl (C=O) groups is 1. The molecule has 0 heterocycles. The Hall–Kier alpha value is -1.60. The lowest BCUT2D eigenvalue weighted by molar-refractivity contribution is 0.0636. The topological polar surface area (TPSA) is 98.5 Å². The number of nitrogens with one attached hydrogen (secondary N) is 1. The van der Waals surface area contributed by atoms with Crippen molar-refractivity contribution in [3.05, 3.63) is 23.8 Å². The van der Waals surface area contributed by atoms with Crippen LogP contribution in [0.15, 0.2) is 23.1 Å². The zero-order valence-corrected chi connectivity index (χ0v) is 12.2. The van der Waals surface area contributed by atoms with Gasteiger partial charge >= 0.3 is 6.09 Å². The zero-order valence-electron chi connectivity index (χ0n) is 11.4. The van der Waals surface area contributed by atoms with Gasteiger partial charge in [0.15, 0.2) is 0 Å². The molecular formula is C12H18N2O4S. The molecule has 0 saturated heterocycles. The third-order valence-corrected chi connectivity index (χ3v) is 3.07. The van der Waals surface area contributed by atoms with Gasteiger partial charge in [0.2, 0.25) is 10.0 Å². The smallest absolute Gasteiger partial charge is 0.412 e. The molecule has 19 heavy (non-hydrogen) atoms. The van der Waals surface area contributed by atoms with Crippen molar-refractivity contribution in [2.75, 3.05) is 5.32 Å². The van der Waals surface area contributed by atoms with E-state index < -0.39 is 21.7 Å². The number of hydrogen-bond donors (Lipinski definition) is 2. The molecule has 1 aromatic carbocycles. The van der Waals surface area contributed by atoms with E-state index in [9.17, 15) is 13.2 Å². The van der Waals surface area contributed by atoms with E-state index in [0.717, 1.165) is 0 Å². The van der Waals surface area contributed by atoms with E-state index in [-0.39, 0.29) is 4.90 Å². The quantitative estimate of drug-likeness (QED) is 0.868. The van der Waals surface area contributed by atoms with Crippen molar-refractivity contribution in [3.63, 3.8) is 0 Å². The highest BCUT2D eigenvalue weighted by Crippen LogP contribution is 2.19. The van der Waals surface area contributed by atoms with Gasteiger partial charge < -0.3 is 4.74 Å². The largest absolute Gasteiger partial charge is 0.444 e. The Kier molecular flexibility index (Phi) is 4.21. The number of hydrogen-bond acceptors (Lipinski definition) is 4. The van der Waals surface area contributed by atoms with E-state index >= 15 is 0 Å². The number of rotatable bonds is 2. The molecule has 1 rings (SSSR count). The van der Waals surface area contributed by atoms with E-state index in [0.29, 0.717) is 11.3 Å². The summed E-state index contributed by atoms with van der Waals surface area (Å²) in [7, 11) is -3.74. The summed E-state index contributed by atoms with van der Waals surface area (Å²) in [6.45, 7) is 6.93. The second kappa shape index (κ2) is 5.18. The minimum Gasteiger partial charge on any atom is -0.444 e. The maximum absolute atomic E-state index is 11.6. The van der Waals surface area contributed by atoms with Crippen LogP contribution >= 0.6 is 0 Å². The van der Waals surface area contributed by atoms with E-state index in [1.807, 2.05) is 0 Å². The van der Waals surface area contributed by atoms with Crippen LogP contribution in [0.5, 0.6) is 0 Å². The Balaban J connectivity index is 2.90. The molecule has 0 spiro atoms. The SMILES string of the molecule is Cc1cc(S(N)(=O)=O)ccc1NC(=O)OC(C)(C)C. The first-order chi connectivity index (χ1) is 8.49. The summed E-state index contributed by atoms with van der Waals surface area (Å²) in [4.78, 5) is 11.6. The van der Waals surface area contributed by atoms with Crippen LogP contribution in [0.1, 0.15) is 26.3 Å². The summed E-state index contributed by atoms with van der Waals surface area (Å²) >= 11 is 0. The summed E-state index contributed by atoms with van der Waals surface area (Å²) in [5, 5.41) is 7.57. The maximum atomic E-state index is 11.6. The molecule has 0 aromatic heterocycles. The van der Waals surface area contributed by atoms with Crippen molar-refractivity contribution in [1.29, 1.82) is 0 Å². The lowest BCUT2D eigenvalue weighted by Crippen LogP contribution is -2.27. The van der Waals surface area contributed by atoms with Crippen LogP contribution in [0.2, 0.25) is 0 Å². The molecule has 0 atom stereocenters. The summed E-state index contributed by atoms with van der Waals surface area (Å²) in [6, 6.07) is 4.19. The predicted molar refractivity (Wildman–Crippen MR) is 72.4 cm³/mol. The molecule has 0 saturated carbocycles. The Bertz CT molecular complexity index is 588. The van der Waals surface area contributed by atoms with Crippen LogP contribution in [0.25, 0.3) is 0 Å². The Morgan fingerprint density at radius 2 is 1.89 bits per heavy atom. The second-order valence-corrected chi connectivity index (χ2v) is 6.71. The molecule has 0 unspecified atom stereocenters. The standard InChI is InChI=1S/C12H18N2O4S/c1-8-7-9(19(13,16)17)5-6-10(8)14-11(15)18-12(2,3)4/h5-7H,1-4H3,(H,14,15)(H2,13,16,17). The van der Waals surface area contributed by atoms with Gasteiger partial charge in [0.25, 0.3) is 0 Å². The van der Waals surface area contributed by atoms with Crippen molar-refractivity contribution in [3.8, 4) is 0 Å². The van der Waals surface area contributed by atoms with Gasteiger partial charge in [0.05, 0.1) is 4.90 Å². The molecule has 0 bridgehead atoms. The number of nitrogens with two attached hydrogens (primary N) is 1. The minimum absolute atomic E-state index is 0.000242. The van der Waals surface area contributed by atoms with Gasteiger partial charge in [-0.1, -0.05) is 0 Å². The normalized spacial score (nSPS) is 12.1. The Labute approximate surface area is 113 Å². The fourth-order valence-electron chi connectivity index (χ4n) is 1.37. The van der Waals surface area contributed by atoms with Crippen molar-refractivity contribution in [2.45, 2.75) is 38.2 Å². The van der Waals surface area contributed by atoms with Gasteiger partial charge in [-0.15, -0.1) is 0 Å². The maximum Gasteiger partial charge on any atom is 0.412 e. The number of amides is 1. The van der Waals surface area contributed by atoms with E-state index in [2.05, 4.69) is 5.32 Å². The summed E-state index contributed by atoms with van der Waals surface area (Å²) in [5.41, 5.74) is 0.456. The van der Waals surface area contributed by atoms with Gasteiger partial charge in [0, 0.05) is 5.69 Å². The third-order valence-electron chi connectivity index (χ3n) is 2.16. The molecule has 106 valence electrons. The van der Waals surface area contributed by atoms with Crippen molar-refractivity contribution < 1.29 is 17.9 Å². The lowest BCUT2D eigenvalue weighted by atomic mass is 10.2. The third kappa shape index (κ3) is 4.88. The Morgan fingerprint density at radius 3 is 2.32 bits per heavy atom. The molecule has 1 aromatic rings. The average Bonchev–Trinajstić information content (AvgIpc) is 2.16. The van der Waals surface area contributed by atoms with Crippen LogP contribution < -0.4 is 10.5 Å². The van der Waals surface area contributed by atoms with Crippen molar-refractivity contribution in [1.82, 2.24) is 0 Å². The predicted octanol–water partition coefficient (Wildman–Crippen LogP) is 1.99. The van der Waals surface area contributed by atoms with E-state index in [1.165, 1.54) is 18.2 Å². The van der Waals surface area contributed by atoms with Crippen LogP contribution in [-0.2, 0) is 14.8 Å². The molecule has 7 heteroatoms. The summed E-state index contributed by atoms with van der Waals surface area (Å²) < 4.78 is 27.4. The lowest BCUT2D eigenvalue weighted by Gasteiger charge is -2.20. The molecule has 0 fully saturated rings. The van der Waals surface area contributed by atoms with Gasteiger partial charge in [-0.2, -0.15) is 0 Å². The minimum atomic E-state index is -3.74. The van der Waals surface area contributed by atoms with Crippen LogP contribution in [0.3, 0.4) is 0 Å². The first-order valence-corrected chi connectivity index (χ1v) is 7.17. The van der Waals surface area contributed by atoms with Gasteiger partial charge in [-0.3, -0.25) is 5.32 Å². The highest BCUT2D eigenvalue weighted by atomic mass is 32.2. The molecule has 0 radical (unpaired) electrons. The summed E-state index contributed by atoms with van der Waals surface area (Å²) in [5.74, 6) is 0. The first kappa shape index (κ1) is 15.5. The second-order valence-electron chi connectivity index (χ2n) is 5.15. The fraction of sp³-hybridized carbons (Fsp3) is 0.417. The number of aryl methyl sites for hydroxylation is 1. The Morgan fingerprint density at radius 1 is 1.32 bits per heavy atom. The number of carbonyl (C=O) groups excluding carboxylic acids is 1. The fourth-order valence-corrected chi connectivity index (χ4v) is 1.97. The summed E-state index contributed by atoms with van der Waals surface area (Å²) in [6.07, 6.45) is -0.598. The average molecular weight is 286 g/mol. The monoisotopic (exact) mass is 286 g/mol. The van der Waals surface area contributed by atoms with Crippen molar-refractivity contribution >= 4 is 21.8 Å². The van der Waals surface area contributed by atoms with Crippen molar-refractivity contribution in [2.24, 2.45) is 5.14 Å². The molecular weight excluding hydrogens is 268 g/mol. The highest BCUT2D eigenvalue weighted by molar-refractivity contribution is 7.89. The number of benzene rings is 1. The molecule has 3 N–H and O–H groups in total. The van der Waals surface area contributed by atoms with Crippen LogP contribution in [0.4, 0.5) is 10.5 Å². The van der Waals surface area contributed by atoms with E-state index in [4.69, 9.17) is 9.88 Å². The number of primary sulfonamides is 1. The first-order valence-electron chi connectivity index (χ1n) is 5.62. The molecule has 0 aliphatic heterocycles. The highest BCUT2D eigenvalue weighted by Gasteiger charge is 2.17. The molecule has 1 amide bonds. The van der Waals surface area contributed by atoms with Gasteiger partial charge in [0.1, 0.15) is 5.60 Å².